The topological polar surface area (TPSA) is 95.2 Å². The fourth-order valence-corrected chi connectivity index (χ4v) is 2.88. The smallest absolute Gasteiger partial charge is 0.258 e. The van der Waals surface area contributed by atoms with Gasteiger partial charge in [0.2, 0.25) is 0 Å². The van der Waals surface area contributed by atoms with Gasteiger partial charge in [0.1, 0.15) is 0 Å². The van der Waals surface area contributed by atoms with Gasteiger partial charge in [-0.3, -0.25) is 4.79 Å². The van der Waals surface area contributed by atoms with Crippen molar-refractivity contribution in [1.82, 2.24) is 9.97 Å². The highest BCUT2D eigenvalue weighted by molar-refractivity contribution is 5.88. The van der Waals surface area contributed by atoms with E-state index in [0.29, 0.717) is 16.6 Å². The number of hydrogen-bond acceptors (Lipinski definition) is 5. The predicted octanol–water partition coefficient (Wildman–Crippen LogP) is 0.857. The van der Waals surface area contributed by atoms with Gasteiger partial charge in [-0.05, 0) is 31.4 Å². The van der Waals surface area contributed by atoms with Crippen molar-refractivity contribution in [3.8, 4) is 0 Å². The number of piperidine rings is 1. The van der Waals surface area contributed by atoms with Crippen molar-refractivity contribution >= 4 is 22.3 Å². The van der Waals surface area contributed by atoms with Gasteiger partial charge in [0, 0.05) is 6.54 Å². The molecule has 1 aliphatic heterocycles. The van der Waals surface area contributed by atoms with Crippen LogP contribution in [-0.4, -0.2) is 34.3 Å². The first kappa shape index (κ1) is 12.9. The summed E-state index contributed by atoms with van der Waals surface area (Å²) in [5.41, 5.74) is 7.94. The van der Waals surface area contributed by atoms with Gasteiger partial charge in [-0.1, -0.05) is 0 Å². The molecule has 0 spiro atoms. The molecule has 1 unspecified atom stereocenters. The third-order valence-corrected chi connectivity index (χ3v) is 3.94. The number of aliphatic hydroxyl groups is 1. The number of anilines is 2. The monoisotopic (exact) mass is 274 g/mol. The van der Waals surface area contributed by atoms with E-state index < -0.39 is 0 Å². The van der Waals surface area contributed by atoms with Gasteiger partial charge in [-0.2, -0.15) is 0 Å². The quantitative estimate of drug-likeness (QED) is 0.706. The molecule has 0 amide bonds. The lowest BCUT2D eigenvalue weighted by atomic mass is 10.0. The number of nitrogens with zero attached hydrogens (tertiary/aromatic N) is 2. The zero-order valence-corrected chi connectivity index (χ0v) is 11.2. The van der Waals surface area contributed by atoms with Gasteiger partial charge in [-0.25, -0.2) is 4.98 Å². The Kier molecular flexibility index (Phi) is 3.31. The van der Waals surface area contributed by atoms with E-state index in [0.717, 1.165) is 31.5 Å². The van der Waals surface area contributed by atoms with Crippen molar-refractivity contribution in [3.63, 3.8) is 0 Å². The molecule has 106 valence electrons. The summed E-state index contributed by atoms with van der Waals surface area (Å²) >= 11 is 0. The molecule has 2 heterocycles. The van der Waals surface area contributed by atoms with Crippen molar-refractivity contribution in [2.45, 2.75) is 25.3 Å². The first-order valence-electron chi connectivity index (χ1n) is 6.85. The zero-order chi connectivity index (χ0) is 14.1. The van der Waals surface area contributed by atoms with Crippen molar-refractivity contribution in [2.75, 3.05) is 23.8 Å². The van der Waals surface area contributed by atoms with Crippen LogP contribution in [0.4, 0.5) is 11.4 Å². The zero-order valence-electron chi connectivity index (χ0n) is 11.2. The van der Waals surface area contributed by atoms with E-state index in [-0.39, 0.29) is 18.2 Å². The molecular weight excluding hydrogens is 256 g/mol. The van der Waals surface area contributed by atoms with E-state index in [1.807, 2.05) is 6.07 Å². The lowest BCUT2D eigenvalue weighted by molar-refractivity contribution is 0.240. The number of aromatic nitrogens is 2. The third-order valence-electron chi connectivity index (χ3n) is 3.94. The molecule has 1 aliphatic rings. The summed E-state index contributed by atoms with van der Waals surface area (Å²) < 4.78 is 0. The minimum atomic E-state index is -0.189. The number of fused-ring (bicyclic) bond motifs is 1. The van der Waals surface area contributed by atoms with Crippen LogP contribution in [0.2, 0.25) is 0 Å². The van der Waals surface area contributed by atoms with Crippen LogP contribution in [-0.2, 0) is 0 Å². The molecule has 6 heteroatoms. The van der Waals surface area contributed by atoms with Gasteiger partial charge in [0.15, 0.2) is 0 Å². The summed E-state index contributed by atoms with van der Waals surface area (Å²) in [6.45, 7) is 0.977. The average Bonchev–Trinajstić information content (AvgIpc) is 2.48. The SMILES string of the molecule is Nc1cc2c(=O)[nH]cnc2cc1N1CCCCC1CO. The van der Waals surface area contributed by atoms with Crippen LogP contribution in [0.1, 0.15) is 19.3 Å². The Labute approximate surface area is 116 Å². The fourth-order valence-electron chi connectivity index (χ4n) is 2.88. The van der Waals surface area contributed by atoms with E-state index in [1.165, 1.54) is 6.33 Å². The Morgan fingerprint density at radius 2 is 2.30 bits per heavy atom. The summed E-state index contributed by atoms with van der Waals surface area (Å²) in [5.74, 6) is 0. The van der Waals surface area contributed by atoms with Gasteiger partial charge in [0.25, 0.3) is 5.56 Å². The van der Waals surface area contributed by atoms with Gasteiger partial charge in [-0.15, -0.1) is 0 Å². The van der Waals surface area contributed by atoms with Crippen LogP contribution in [0.5, 0.6) is 0 Å². The molecular formula is C14H18N4O2. The number of aromatic amines is 1. The number of hydrogen-bond donors (Lipinski definition) is 3. The van der Waals surface area contributed by atoms with E-state index in [1.54, 1.807) is 6.07 Å². The Hall–Kier alpha value is -2.08. The Balaban J connectivity index is 2.11. The van der Waals surface area contributed by atoms with Crippen molar-refractivity contribution < 1.29 is 5.11 Å². The molecule has 3 rings (SSSR count). The minimum absolute atomic E-state index is 0.0884. The maximum Gasteiger partial charge on any atom is 0.258 e. The lowest BCUT2D eigenvalue weighted by Gasteiger charge is -2.37. The predicted molar refractivity (Wildman–Crippen MR) is 78.8 cm³/mol. The molecule has 20 heavy (non-hydrogen) atoms. The largest absolute Gasteiger partial charge is 0.397 e. The van der Waals surface area contributed by atoms with Gasteiger partial charge in [0.05, 0.1) is 41.3 Å². The highest BCUT2D eigenvalue weighted by atomic mass is 16.3. The van der Waals surface area contributed by atoms with E-state index >= 15 is 0 Å². The second-order valence-corrected chi connectivity index (χ2v) is 5.19. The second-order valence-electron chi connectivity index (χ2n) is 5.19. The molecule has 0 radical (unpaired) electrons. The maximum absolute atomic E-state index is 11.7. The Morgan fingerprint density at radius 3 is 3.10 bits per heavy atom. The van der Waals surface area contributed by atoms with E-state index in [9.17, 15) is 9.90 Å². The standard InChI is InChI=1S/C14H18N4O2/c15-11-5-10-12(16-8-17-14(10)20)6-13(11)18-4-2-1-3-9(18)7-19/h5-6,8-9,19H,1-4,7,15H2,(H,16,17,20). The maximum atomic E-state index is 11.7. The molecule has 2 aromatic rings. The Morgan fingerprint density at radius 1 is 1.45 bits per heavy atom. The lowest BCUT2D eigenvalue weighted by Crippen LogP contribution is -2.42. The number of benzene rings is 1. The van der Waals surface area contributed by atoms with E-state index in [2.05, 4.69) is 14.9 Å². The summed E-state index contributed by atoms with van der Waals surface area (Å²) in [6.07, 6.45) is 4.55. The minimum Gasteiger partial charge on any atom is -0.397 e. The fraction of sp³-hybridized carbons (Fsp3) is 0.429. The summed E-state index contributed by atoms with van der Waals surface area (Å²) in [4.78, 5) is 20.6. The van der Waals surface area contributed by atoms with Gasteiger partial charge < -0.3 is 20.7 Å². The Bertz CT molecular complexity index is 682. The molecule has 0 aliphatic carbocycles. The number of H-pyrrole nitrogens is 1. The molecule has 1 fully saturated rings. The molecule has 0 bridgehead atoms. The van der Waals surface area contributed by atoms with Crippen LogP contribution >= 0.6 is 0 Å². The third kappa shape index (κ3) is 2.12. The highest BCUT2D eigenvalue weighted by Gasteiger charge is 2.24. The summed E-state index contributed by atoms with van der Waals surface area (Å²) in [7, 11) is 0. The van der Waals surface area contributed by atoms with Crippen molar-refractivity contribution in [3.05, 3.63) is 28.8 Å². The molecule has 1 atom stereocenters. The first-order valence-corrected chi connectivity index (χ1v) is 6.85. The molecule has 4 N–H and O–H groups in total. The van der Waals surface area contributed by atoms with Crippen LogP contribution in [0.3, 0.4) is 0 Å². The van der Waals surface area contributed by atoms with Crippen molar-refractivity contribution in [2.24, 2.45) is 0 Å². The van der Waals surface area contributed by atoms with Crippen LogP contribution in [0.25, 0.3) is 10.9 Å². The van der Waals surface area contributed by atoms with Crippen LogP contribution < -0.4 is 16.2 Å². The summed E-state index contributed by atoms with van der Waals surface area (Å²) in [5, 5.41) is 10.0. The number of nitrogens with two attached hydrogens (primary N) is 1. The van der Waals surface area contributed by atoms with E-state index in [4.69, 9.17) is 5.73 Å². The number of rotatable bonds is 2. The summed E-state index contributed by atoms with van der Waals surface area (Å²) in [6, 6.07) is 3.60. The molecule has 6 nitrogen and oxygen atoms in total. The normalized spacial score (nSPS) is 19.4. The van der Waals surface area contributed by atoms with Crippen LogP contribution in [0.15, 0.2) is 23.3 Å². The second kappa shape index (κ2) is 5.13. The van der Waals surface area contributed by atoms with Gasteiger partial charge >= 0.3 is 0 Å². The number of nitrogens with one attached hydrogen (secondary N) is 1. The highest BCUT2D eigenvalue weighted by Crippen LogP contribution is 2.31. The van der Waals surface area contributed by atoms with Crippen LogP contribution in [0, 0.1) is 0 Å². The molecule has 1 aromatic carbocycles. The molecule has 0 saturated carbocycles. The molecule has 1 aromatic heterocycles. The first-order chi connectivity index (χ1) is 9.70. The molecule has 1 saturated heterocycles. The van der Waals surface area contributed by atoms with Crippen molar-refractivity contribution in [1.29, 1.82) is 0 Å². The average molecular weight is 274 g/mol. The number of aliphatic hydroxyl groups excluding tert-OH is 1. The number of nitrogen functional groups attached to an aromatic ring is 1.